The molecule has 148 valence electrons. The summed E-state index contributed by atoms with van der Waals surface area (Å²) in [5.41, 5.74) is 3.27. The topological polar surface area (TPSA) is 61.8 Å². The summed E-state index contributed by atoms with van der Waals surface area (Å²) in [5.74, 6) is 2.11. The average molecular weight is 381 g/mol. The molecule has 1 saturated heterocycles. The van der Waals surface area contributed by atoms with Gasteiger partial charge in [0.2, 0.25) is 5.91 Å². The Bertz CT molecular complexity index is 848. The SMILES string of the molecule is Cc1ncnc(N2CCN(C(=O)CN3CCOc4ccccc4C3)CC2)c1C. The maximum atomic E-state index is 12.9. The first-order chi connectivity index (χ1) is 13.6. The fourth-order valence-electron chi connectivity index (χ4n) is 3.82. The number of aryl methyl sites for hydroxylation is 1. The highest BCUT2D eigenvalue weighted by Gasteiger charge is 2.25. The quantitative estimate of drug-likeness (QED) is 0.806. The van der Waals surface area contributed by atoms with E-state index in [0.717, 1.165) is 67.7 Å². The van der Waals surface area contributed by atoms with Gasteiger partial charge in [0, 0.05) is 56.1 Å². The molecule has 2 aliphatic heterocycles. The largest absolute Gasteiger partial charge is 0.492 e. The first-order valence-electron chi connectivity index (χ1n) is 9.86. The van der Waals surface area contributed by atoms with Gasteiger partial charge in [0.25, 0.3) is 0 Å². The smallest absolute Gasteiger partial charge is 0.236 e. The number of ether oxygens (including phenoxy) is 1. The molecule has 7 nitrogen and oxygen atoms in total. The molecular weight excluding hydrogens is 354 g/mol. The van der Waals surface area contributed by atoms with Gasteiger partial charge in [-0.05, 0) is 19.9 Å². The van der Waals surface area contributed by atoms with Gasteiger partial charge in [-0.1, -0.05) is 18.2 Å². The van der Waals surface area contributed by atoms with Crippen molar-refractivity contribution in [1.82, 2.24) is 19.8 Å². The summed E-state index contributed by atoms with van der Waals surface area (Å²) in [6.07, 6.45) is 1.62. The zero-order valence-electron chi connectivity index (χ0n) is 16.6. The van der Waals surface area contributed by atoms with Crippen molar-refractivity contribution < 1.29 is 9.53 Å². The molecule has 4 rings (SSSR count). The number of benzene rings is 1. The average Bonchev–Trinajstić information content (AvgIpc) is 2.92. The van der Waals surface area contributed by atoms with Crippen molar-refractivity contribution in [3.05, 3.63) is 47.4 Å². The van der Waals surface area contributed by atoms with Crippen molar-refractivity contribution >= 4 is 11.7 Å². The molecule has 0 saturated carbocycles. The molecule has 0 radical (unpaired) electrons. The lowest BCUT2D eigenvalue weighted by atomic mass is 10.2. The van der Waals surface area contributed by atoms with Crippen molar-refractivity contribution in [2.45, 2.75) is 20.4 Å². The first-order valence-corrected chi connectivity index (χ1v) is 9.86. The third-order valence-corrected chi connectivity index (χ3v) is 5.63. The van der Waals surface area contributed by atoms with Crippen molar-refractivity contribution in [2.24, 2.45) is 0 Å². The number of amides is 1. The van der Waals surface area contributed by atoms with Gasteiger partial charge >= 0.3 is 0 Å². The monoisotopic (exact) mass is 381 g/mol. The van der Waals surface area contributed by atoms with Crippen LogP contribution in [0.25, 0.3) is 0 Å². The second-order valence-electron chi connectivity index (χ2n) is 7.44. The second kappa shape index (κ2) is 8.14. The van der Waals surface area contributed by atoms with Crippen molar-refractivity contribution in [3.63, 3.8) is 0 Å². The van der Waals surface area contributed by atoms with Gasteiger partial charge in [-0.3, -0.25) is 9.69 Å². The van der Waals surface area contributed by atoms with Crippen LogP contribution in [-0.2, 0) is 11.3 Å². The number of nitrogens with zero attached hydrogens (tertiary/aromatic N) is 5. The summed E-state index contributed by atoms with van der Waals surface area (Å²) in [5, 5.41) is 0. The molecule has 1 aromatic carbocycles. The Kier molecular flexibility index (Phi) is 5.43. The Morgan fingerprint density at radius 1 is 1.07 bits per heavy atom. The Labute approximate surface area is 165 Å². The van der Waals surface area contributed by atoms with E-state index in [-0.39, 0.29) is 5.91 Å². The zero-order chi connectivity index (χ0) is 19.5. The van der Waals surface area contributed by atoms with E-state index < -0.39 is 0 Å². The summed E-state index contributed by atoms with van der Waals surface area (Å²) in [7, 11) is 0. The van der Waals surface area contributed by atoms with Crippen LogP contribution in [0.4, 0.5) is 5.82 Å². The van der Waals surface area contributed by atoms with Gasteiger partial charge < -0.3 is 14.5 Å². The van der Waals surface area contributed by atoms with E-state index in [1.165, 1.54) is 0 Å². The molecule has 3 heterocycles. The Balaban J connectivity index is 1.34. The second-order valence-corrected chi connectivity index (χ2v) is 7.44. The van der Waals surface area contributed by atoms with Crippen LogP contribution in [0.15, 0.2) is 30.6 Å². The molecule has 0 bridgehead atoms. The van der Waals surface area contributed by atoms with Gasteiger partial charge in [0.15, 0.2) is 0 Å². The Morgan fingerprint density at radius 3 is 2.68 bits per heavy atom. The van der Waals surface area contributed by atoms with Gasteiger partial charge in [-0.2, -0.15) is 0 Å². The predicted octanol–water partition coefficient (Wildman–Crippen LogP) is 1.64. The van der Waals surface area contributed by atoms with E-state index in [1.807, 2.05) is 30.0 Å². The molecular formula is C21H27N5O2. The number of para-hydroxylation sites is 1. The molecule has 0 spiro atoms. The zero-order valence-corrected chi connectivity index (χ0v) is 16.6. The third kappa shape index (κ3) is 3.94. The Hall–Kier alpha value is -2.67. The van der Waals surface area contributed by atoms with E-state index in [4.69, 9.17) is 4.74 Å². The van der Waals surface area contributed by atoms with Gasteiger partial charge in [0.05, 0.1) is 6.54 Å². The number of carbonyl (C=O) groups excluding carboxylic acids is 1. The highest BCUT2D eigenvalue weighted by molar-refractivity contribution is 5.78. The summed E-state index contributed by atoms with van der Waals surface area (Å²) in [6, 6.07) is 8.07. The van der Waals surface area contributed by atoms with Crippen molar-refractivity contribution in [2.75, 3.05) is 50.8 Å². The first kappa shape index (κ1) is 18.7. The van der Waals surface area contributed by atoms with E-state index in [2.05, 4.69) is 32.8 Å². The van der Waals surface area contributed by atoms with Crippen LogP contribution in [0.1, 0.15) is 16.8 Å². The molecule has 1 fully saturated rings. The minimum absolute atomic E-state index is 0.189. The van der Waals surface area contributed by atoms with Crippen LogP contribution in [0.2, 0.25) is 0 Å². The summed E-state index contributed by atoms with van der Waals surface area (Å²) in [4.78, 5) is 28.0. The lowest BCUT2D eigenvalue weighted by molar-refractivity contribution is -0.132. The molecule has 2 aliphatic rings. The molecule has 2 aromatic rings. The summed E-state index contributed by atoms with van der Waals surface area (Å²) >= 11 is 0. The summed E-state index contributed by atoms with van der Waals surface area (Å²) < 4.78 is 5.80. The number of rotatable bonds is 3. The minimum atomic E-state index is 0.189. The van der Waals surface area contributed by atoms with Crippen LogP contribution in [0, 0.1) is 13.8 Å². The Morgan fingerprint density at radius 2 is 1.86 bits per heavy atom. The van der Waals surface area contributed by atoms with Gasteiger partial charge in [-0.15, -0.1) is 0 Å². The molecule has 7 heteroatoms. The number of piperazine rings is 1. The normalized spacial score (nSPS) is 17.6. The van der Waals surface area contributed by atoms with Gasteiger partial charge in [-0.25, -0.2) is 9.97 Å². The number of carbonyl (C=O) groups is 1. The van der Waals surface area contributed by atoms with Gasteiger partial charge in [0.1, 0.15) is 24.5 Å². The fourth-order valence-corrected chi connectivity index (χ4v) is 3.82. The highest BCUT2D eigenvalue weighted by Crippen LogP contribution is 2.23. The number of aromatic nitrogens is 2. The van der Waals surface area contributed by atoms with Crippen LogP contribution >= 0.6 is 0 Å². The number of anilines is 1. The van der Waals surface area contributed by atoms with Crippen LogP contribution in [0.5, 0.6) is 5.75 Å². The molecule has 1 aromatic heterocycles. The lowest BCUT2D eigenvalue weighted by Gasteiger charge is -2.36. The minimum Gasteiger partial charge on any atom is -0.492 e. The molecule has 0 aliphatic carbocycles. The number of fused-ring (bicyclic) bond motifs is 1. The number of hydrogen-bond donors (Lipinski definition) is 0. The maximum absolute atomic E-state index is 12.9. The van der Waals surface area contributed by atoms with E-state index in [1.54, 1.807) is 6.33 Å². The van der Waals surface area contributed by atoms with Crippen LogP contribution in [-0.4, -0.2) is 71.6 Å². The molecule has 0 N–H and O–H groups in total. The lowest BCUT2D eigenvalue weighted by Crippen LogP contribution is -2.51. The molecule has 0 atom stereocenters. The molecule has 28 heavy (non-hydrogen) atoms. The van der Waals surface area contributed by atoms with Crippen molar-refractivity contribution in [1.29, 1.82) is 0 Å². The molecule has 1 amide bonds. The predicted molar refractivity (Wildman–Crippen MR) is 108 cm³/mol. The summed E-state index contributed by atoms with van der Waals surface area (Å²) in [6.45, 7) is 9.67. The van der Waals surface area contributed by atoms with E-state index >= 15 is 0 Å². The fraction of sp³-hybridized carbons (Fsp3) is 0.476. The maximum Gasteiger partial charge on any atom is 0.236 e. The van der Waals surface area contributed by atoms with Crippen molar-refractivity contribution in [3.8, 4) is 5.75 Å². The van der Waals surface area contributed by atoms with E-state index in [0.29, 0.717) is 13.2 Å². The molecule has 0 unspecified atom stereocenters. The van der Waals surface area contributed by atoms with E-state index in [9.17, 15) is 4.79 Å². The standard InChI is InChI=1S/C21H27N5O2/c1-16-17(2)22-15-23-21(16)26-9-7-25(8-10-26)20(27)14-24-11-12-28-19-6-4-3-5-18(19)13-24/h3-6,15H,7-14H2,1-2H3. The highest BCUT2D eigenvalue weighted by atomic mass is 16.5. The number of hydrogen-bond acceptors (Lipinski definition) is 6. The third-order valence-electron chi connectivity index (χ3n) is 5.63. The van der Waals surface area contributed by atoms with Crippen LogP contribution < -0.4 is 9.64 Å². The van der Waals surface area contributed by atoms with Crippen LogP contribution in [0.3, 0.4) is 0 Å².